The summed E-state index contributed by atoms with van der Waals surface area (Å²) in [5, 5.41) is 3.31. The molecule has 0 aliphatic rings. The lowest BCUT2D eigenvalue weighted by Gasteiger charge is -2.12. The molecule has 0 bridgehead atoms. The summed E-state index contributed by atoms with van der Waals surface area (Å²) in [7, 11) is 0. The Morgan fingerprint density at radius 1 is 0.929 bits per heavy atom. The molecule has 0 aromatic heterocycles. The van der Waals surface area contributed by atoms with Crippen molar-refractivity contribution in [3.8, 4) is 0 Å². The van der Waals surface area contributed by atoms with Gasteiger partial charge in [0.15, 0.2) is 0 Å². The predicted octanol–water partition coefficient (Wildman–Crippen LogP) is 3.02. The van der Waals surface area contributed by atoms with E-state index in [0.717, 1.165) is 13.0 Å². The number of hydrogen-bond acceptors (Lipinski definition) is 2. The summed E-state index contributed by atoms with van der Waals surface area (Å²) in [5.74, 6) is 0. The fourth-order valence-corrected chi connectivity index (χ4v) is 1.58. The van der Waals surface area contributed by atoms with E-state index >= 15 is 0 Å². The van der Waals surface area contributed by atoms with Crippen LogP contribution in [0.3, 0.4) is 0 Å². The van der Waals surface area contributed by atoms with Crippen LogP contribution < -0.4 is 11.1 Å². The molecule has 14 heavy (non-hydrogen) atoms. The minimum Gasteiger partial charge on any atom is -0.316 e. The van der Waals surface area contributed by atoms with E-state index in [4.69, 9.17) is 5.73 Å². The number of hydrogen-bond donors (Lipinski definition) is 2. The molecule has 0 aromatic carbocycles. The Morgan fingerprint density at radius 3 is 2.21 bits per heavy atom. The van der Waals surface area contributed by atoms with Crippen molar-refractivity contribution in [3.63, 3.8) is 0 Å². The van der Waals surface area contributed by atoms with Crippen LogP contribution in [0.15, 0.2) is 0 Å². The minimum atomic E-state index is 0.223. The van der Waals surface area contributed by atoms with Crippen molar-refractivity contribution in [2.75, 3.05) is 6.54 Å². The summed E-state index contributed by atoms with van der Waals surface area (Å²) >= 11 is 0. The summed E-state index contributed by atoms with van der Waals surface area (Å²) < 4.78 is 0. The molecule has 3 N–H and O–H groups in total. The van der Waals surface area contributed by atoms with Crippen LogP contribution in [0.2, 0.25) is 0 Å². The highest BCUT2D eigenvalue weighted by Gasteiger charge is 1.99. The molecule has 0 saturated heterocycles. The Kier molecular flexibility index (Phi) is 10.9. The summed E-state index contributed by atoms with van der Waals surface area (Å²) in [4.78, 5) is 0. The monoisotopic (exact) mass is 200 g/mol. The first-order chi connectivity index (χ1) is 6.81. The van der Waals surface area contributed by atoms with Gasteiger partial charge >= 0.3 is 0 Å². The van der Waals surface area contributed by atoms with Gasteiger partial charge in [-0.05, 0) is 19.4 Å². The van der Waals surface area contributed by atoms with E-state index in [1.165, 1.54) is 44.9 Å². The molecular weight excluding hydrogens is 172 g/mol. The zero-order valence-corrected chi connectivity index (χ0v) is 10.0. The van der Waals surface area contributed by atoms with Gasteiger partial charge in [0.25, 0.3) is 0 Å². The van der Waals surface area contributed by atoms with E-state index < -0.39 is 0 Å². The molecule has 2 heteroatoms. The van der Waals surface area contributed by atoms with Crippen molar-refractivity contribution in [1.29, 1.82) is 0 Å². The van der Waals surface area contributed by atoms with Crippen LogP contribution in [0.25, 0.3) is 0 Å². The molecule has 2 nitrogen and oxygen atoms in total. The maximum atomic E-state index is 5.89. The Balaban J connectivity index is 3.02. The molecule has 0 aromatic rings. The molecule has 0 heterocycles. The zero-order chi connectivity index (χ0) is 10.6. The lowest BCUT2D eigenvalue weighted by atomic mass is 10.1. The van der Waals surface area contributed by atoms with Crippen LogP contribution in [0.1, 0.15) is 65.2 Å². The van der Waals surface area contributed by atoms with Crippen LogP contribution in [0.5, 0.6) is 0 Å². The summed E-state index contributed by atoms with van der Waals surface area (Å²) in [6, 6.07) is 0. The quantitative estimate of drug-likeness (QED) is 0.420. The van der Waals surface area contributed by atoms with Gasteiger partial charge in [0, 0.05) is 0 Å². The SMILES string of the molecule is CCCCCCCCC(N)NCCC. The van der Waals surface area contributed by atoms with E-state index in [9.17, 15) is 0 Å². The van der Waals surface area contributed by atoms with E-state index in [-0.39, 0.29) is 6.17 Å². The second-order valence-electron chi connectivity index (χ2n) is 4.12. The van der Waals surface area contributed by atoms with Gasteiger partial charge in [0.05, 0.1) is 6.17 Å². The Hall–Kier alpha value is -0.0800. The molecule has 0 fully saturated rings. The Labute approximate surface area is 89.6 Å². The number of unbranched alkanes of at least 4 members (excludes halogenated alkanes) is 5. The number of rotatable bonds is 10. The fraction of sp³-hybridized carbons (Fsp3) is 1.00. The lowest BCUT2D eigenvalue weighted by Crippen LogP contribution is -2.37. The van der Waals surface area contributed by atoms with Crippen LogP contribution in [-0.4, -0.2) is 12.7 Å². The van der Waals surface area contributed by atoms with Gasteiger partial charge in [-0.2, -0.15) is 0 Å². The summed E-state index contributed by atoms with van der Waals surface area (Å²) in [6.07, 6.45) is 10.7. The van der Waals surface area contributed by atoms with Crippen molar-refractivity contribution in [3.05, 3.63) is 0 Å². The average molecular weight is 200 g/mol. The van der Waals surface area contributed by atoms with Crippen molar-refractivity contribution >= 4 is 0 Å². The third-order valence-electron chi connectivity index (χ3n) is 2.53. The van der Waals surface area contributed by atoms with E-state index in [1.54, 1.807) is 0 Å². The molecule has 0 amide bonds. The summed E-state index contributed by atoms with van der Waals surface area (Å²) in [5.41, 5.74) is 5.89. The first-order valence-corrected chi connectivity index (χ1v) is 6.30. The lowest BCUT2D eigenvalue weighted by molar-refractivity contribution is 0.463. The molecule has 0 saturated carbocycles. The van der Waals surface area contributed by atoms with Gasteiger partial charge in [-0.25, -0.2) is 0 Å². The Bertz CT molecular complexity index is 104. The maximum Gasteiger partial charge on any atom is 0.0546 e. The molecular formula is C12H28N2. The normalized spacial score (nSPS) is 13.1. The highest BCUT2D eigenvalue weighted by molar-refractivity contribution is 4.58. The molecule has 0 aliphatic carbocycles. The predicted molar refractivity (Wildman–Crippen MR) is 64.3 cm³/mol. The van der Waals surface area contributed by atoms with Crippen LogP contribution in [0.4, 0.5) is 0 Å². The smallest absolute Gasteiger partial charge is 0.0546 e. The molecule has 1 atom stereocenters. The minimum absolute atomic E-state index is 0.223. The number of nitrogens with two attached hydrogens (primary N) is 1. The molecule has 0 aliphatic heterocycles. The van der Waals surface area contributed by atoms with Crippen molar-refractivity contribution in [1.82, 2.24) is 5.32 Å². The summed E-state index contributed by atoms with van der Waals surface area (Å²) in [6.45, 7) is 5.48. The zero-order valence-electron chi connectivity index (χ0n) is 10.0. The first kappa shape index (κ1) is 13.9. The van der Waals surface area contributed by atoms with Gasteiger partial charge in [-0.15, -0.1) is 0 Å². The second kappa shape index (κ2) is 11.0. The highest BCUT2D eigenvalue weighted by atomic mass is 15.0. The largest absolute Gasteiger partial charge is 0.316 e. The van der Waals surface area contributed by atoms with Gasteiger partial charge in [-0.3, -0.25) is 0 Å². The van der Waals surface area contributed by atoms with Crippen LogP contribution in [0, 0.1) is 0 Å². The number of nitrogens with one attached hydrogen (secondary N) is 1. The average Bonchev–Trinajstić information content (AvgIpc) is 2.20. The molecule has 1 unspecified atom stereocenters. The third kappa shape index (κ3) is 10.0. The van der Waals surface area contributed by atoms with E-state index in [2.05, 4.69) is 19.2 Å². The van der Waals surface area contributed by atoms with Crippen LogP contribution >= 0.6 is 0 Å². The third-order valence-corrected chi connectivity index (χ3v) is 2.53. The molecule has 0 rings (SSSR count). The second-order valence-corrected chi connectivity index (χ2v) is 4.12. The van der Waals surface area contributed by atoms with Gasteiger partial charge in [-0.1, -0.05) is 52.4 Å². The molecule has 86 valence electrons. The topological polar surface area (TPSA) is 38.0 Å². The van der Waals surface area contributed by atoms with Gasteiger partial charge < -0.3 is 11.1 Å². The van der Waals surface area contributed by atoms with E-state index in [0.29, 0.717) is 0 Å². The molecule has 0 spiro atoms. The van der Waals surface area contributed by atoms with E-state index in [1.807, 2.05) is 0 Å². The van der Waals surface area contributed by atoms with Gasteiger partial charge in [0.2, 0.25) is 0 Å². The molecule has 0 radical (unpaired) electrons. The highest BCUT2D eigenvalue weighted by Crippen LogP contribution is 2.07. The van der Waals surface area contributed by atoms with Gasteiger partial charge in [0.1, 0.15) is 0 Å². The first-order valence-electron chi connectivity index (χ1n) is 6.30. The maximum absolute atomic E-state index is 5.89. The van der Waals surface area contributed by atoms with Crippen LogP contribution in [-0.2, 0) is 0 Å². The van der Waals surface area contributed by atoms with Crippen molar-refractivity contribution in [2.45, 2.75) is 71.4 Å². The Morgan fingerprint density at radius 2 is 1.57 bits per heavy atom. The standard InChI is InChI=1S/C12H28N2/c1-3-5-6-7-8-9-10-12(13)14-11-4-2/h12,14H,3-11,13H2,1-2H3. The fourth-order valence-electron chi connectivity index (χ4n) is 1.58. The van der Waals surface area contributed by atoms with Crippen molar-refractivity contribution in [2.24, 2.45) is 5.73 Å². The van der Waals surface area contributed by atoms with Crippen molar-refractivity contribution < 1.29 is 0 Å².